The molecule has 6 nitrogen and oxygen atoms in total. The van der Waals surface area contributed by atoms with Crippen LogP contribution in [0, 0.1) is 6.92 Å². The number of ether oxygens (including phenoxy) is 2. The third kappa shape index (κ3) is 3.79. The predicted octanol–water partition coefficient (Wildman–Crippen LogP) is 3.50. The number of nitrogens with zero attached hydrogens (tertiary/aromatic N) is 2. The third-order valence-corrected chi connectivity index (χ3v) is 5.55. The average molecular weight is 394 g/mol. The van der Waals surface area contributed by atoms with Gasteiger partial charge >= 0.3 is 0 Å². The first kappa shape index (κ1) is 19.3. The SMILES string of the molecule is CCCCC1C=CCN1C(=O)c1c(C)ccn(Cc2ccc3c(c2)OCO3)c1=O. The van der Waals surface area contributed by atoms with Crippen molar-refractivity contribution in [3.63, 3.8) is 0 Å². The van der Waals surface area contributed by atoms with Crippen molar-refractivity contribution in [3.05, 3.63) is 69.7 Å². The van der Waals surface area contributed by atoms with Crippen LogP contribution in [-0.2, 0) is 6.54 Å². The summed E-state index contributed by atoms with van der Waals surface area (Å²) in [5.41, 5.74) is 1.64. The van der Waals surface area contributed by atoms with E-state index in [1.54, 1.807) is 10.8 Å². The normalized spacial score (nSPS) is 17.2. The topological polar surface area (TPSA) is 60.8 Å². The molecular weight excluding hydrogens is 368 g/mol. The molecule has 0 saturated carbocycles. The van der Waals surface area contributed by atoms with E-state index in [9.17, 15) is 9.59 Å². The van der Waals surface area contributed by atoms with Crippen molar-refractivity contribution in [3.8, 4) is 11.5 Å². The number of fused-ring (bicyclic) bond motifs is 1. The van der Waals surface area contributed by atoms with Crippen LogP contribution in [0.3, 0.4) is 0 Å². The van der Waals surface area contributed by atoms with Gasteiger partial charge < -0.3 is 18.9 Å². The fourth-order valence-electron chi connectivity index (χ4n) is 3.90. The number of hydrogen-bond donors (Lipinski definition) is 0. The van der Waals surface area contributed by atoms with Gasteiger partial charge in [0.15, 0.2) is 11.5 Å². The second kappa shape index (κ2) is 8.15. The zero-order valence-corrected chi connectivity index (χ0v) is 16.9. The summed E-state index contributed by atoms with van der Waals surface area (Å²) >= 11 is 0. The summed E-state index contributed by atoms with van der Waals surface area (Å²) in [4.78, 5) is 28.3. The van der Waals surface area contributed by atoms with Crippen LogP contribution in [0.5, 0.6) is 11.5 Å². The maximum atomic E-state index is 13.3. The van der Waals surface area contributed by atoms with Gasteiger partial charge in [0.1, 0.15) is 5.56 Å². The number of hydrogen-bond acceptors (Lipinski definition) is 4. The zero-order valence-electron chi connectivity index (χ0n) is 16.9. The Bertz CT molecular complexity index is 1010. The number of aryl methyl sites for hydroxylation is 1. The van der Waals surface area contributed by atoms with Gasteiger partial charge in [-0.3, -0.25) is 9.59 Å². The zero-order chi connectivity index (χ0) is 20.4. The number of amides is 1. The summed E-state index contributed by atoms with van der Waals surface area (Å²) in [6.45, 7) is 5.10. The first-order valence-corrected chi connectivity index (χ1v) is 10.1. The van der Waals surface area contributed by atoms with Gasteiger partial charge in [0.2, 0.25) is 6.79 Å². The number of benzene rings is 1. The number of carbonyl (C=O) groups is 1. The quantitative estimate of drug-likeness (QED) is 0.704. The van der Waals surface area contributed by atoms with Gasteiger partial charge in [-0.15, -0.1) is 0 Å². The maximum Gasteiger partial charge on any atom is 0.263 e. The lowest BCUT2D eigenvalue weighted by molar-refractivity contribution is 0.0740. The molecule has 2 aliphatic rings. The fraction of sp³-hybridized carbons (Fsp3) is 0.391. The fourth-order valence-corrected chi connectivity index (χ4v) is 3.90. The molecule has 152 valence electrons. The largest absolute Gasteiger partial charge is 0.454 e. The molecule has 2 aromatic rings. The maximum absolute atomic E-state index is 13.3. The highest BCUT2D eigenvalue weighted by atomic mass is 16.7. The van der Waals surface area contributed by atoms with E-state index < -0.39 is 0 Å². The van der Waals surface area contributed by atoms with Crippen LogP contribution in [0.2, 0.25) is 0 Å². The highest BCUT2D eigenvalue weighted by molar-refractivity contribution is 5.96. The predicted molar refractivity (Wildman–Crippen MR) is 111 cm³/mol. The van der Waals surface area contributed by atoms with Crippen molar-refractivity contribution in [2.24, 2.45) is 0 Å². The highest BCUT2D eigenvalue weighted by Crippen LogP contribution is 2.32. The van der Waals surface area contributed by atoms with Gasteiger partial charge in [-0.2, -0.15) is 0 Å². The van der Waals surface area contributed by atoms with E-state index >= 15 is 0 Å². The van der Waals surface area contributed by atoms with Crippen molar-refractivity contribution in [1.29, 1.82) is 0 Å². The van der Waals surface area contributed by atoms with E-state index in [0.29, 0.717) is 30.2 Å². The van der Waals surface area contributed by atoms with Crippen molar-refractivity contribution in [2.75, 3.05) is 13.3 Å². The number of rotatable bonds is 6. The molecule has 3 heterocycles. The van der Waals surface area contributed by atoms with Crippen LogP contribution in [0.1, 0.15) is 47.7 Å². The molecule has 2 aliphatic heterocycles. The molecule has 6 heteroatoms. The van der Waals surface area contributed by atoms with E-state index in [4.69, 9.17) is 9.47 Å². The van der Waals surface area contributed by atoms with Gasteiger partial charge in [0.25, 0.3) is 11.5 Å². The number of carbonyl (C=O) groups excluding carboxylic acids is 1. The Hall–Kier alpha value is -3.02. The molecule has 1 unspecified atom stereocenters. The lowest BCUT2D eigenvalue weighted by Crippen LogP contribution is -2.40. The molecule has 0 radical (unpaired) electrons. The molecule has 0 aliphatic carbocycles. The van der Waals surface area contributed by atoms with Gasteiger partial charge in [0, 0.05) is 12.7 Å². The van der Waals surface area contributed by atoms with Crippen molar-refractivity contribution < 1.29 is 14.3 Å². The van der Waals surface area contributed by atoms with E-state index in [1.165, 1.54) is 0 Å². The molecule has 0 saturated heterocycles. The summed E-state index contributed by atoms with van der Waals surface area (Å²) in [6.07, 6.45) is 8.91. The Morgan fingerprint density at radius 3 is 2.86 bits per heavy atom. The van der Waals surface area contributed by atoms with Gasteiger partial charge in [-0.05, 0) is 42.7 Å². The second-order valence-corrected chi connectivity index (χ2v) is 7.59. The molecule has 0 N–H and O–H groups in total. The van der Waals surface area contributed by atoms with Crippen molar-refractivity contribution in [1.82, 2.24) is 9.47 Å². The summed E-state index contributed by atoms with van der Waals surface area (Å²) < 4.78 is 12.3. The molecule has 0 spiro atoms. The lowest BCUT2D eigenvalue weighted by atomic mass is 10.1. The van der Waals surface area contributed by atoms with Crippen LogP contribution in [0.25, 0.3) is 0 Å². The van der Waals surface area contributed by atoms with Gasteiger partial charge in [0.05, 0.1) is 12.6 Å². The Morgan fingerprint density at radius 1 is 1.21 bits per heavy atom. The first-order valence-electron chi connectivity index (χ1n) is 10.1. The average Bonchev–Trinajstić information content (AvgIpc) is 3.37. The van der Waals surface area contributed by atoms with Crippen LogP contribution >= 0.6 is 0 Å². The monoisotopic (exact) mass is 394 g/mol. The molecule has 4 rings (SSSR count). The van der Waals surface area contributed by atoms with Gasteiger partial charge in [-0.1, -0.05) is 38.0 Å². The summed E-state index contributed by atoms with van der Waals surface area (Å²) in [5.74, 6) is 1.21. The second-order valence-electron chi connectivity index (χ2n) is 7.59. The number of pyridine rings is 1. The highest BCUT2D eigenvalue weighted by Gasteiger charge is 2.28. The van der Waals surface area contributed by atoms with Crippen LogP contribution in [0.15, 0.2) is 47.4 Å². The summed E-state index contributed by atoms with van der Waals surface area (Å²) in [7, 11) is 0. The van der Waals surface area contributed by atoms with E-state index in [2.05, 4.69) is 13.0 Å². The molecule has 1 aromatic carbocycles. The molecule has 1 atom stereocenters. The van der Waals surface area contributed by atoms with Crippen LogP contribution in [0.4, 0.5) is 0 Å². The van der Waals surface area contributed by atoms with Crippen molar-refractivity contribution in [2.45, 2.75) is 45.7 Å². The summed E-state index contributed by atoms with van der Waals surface area (Å²) in [6, 6.07) is 7.54. The minimum Gasteiger partial charge on any atom is -0.454 e. The van der Waals surface area contributed by atoms with Gasteiger partial charge in [-0.25, -0.2) is 0 Å². The van der Waals surface area contributed by atoms with E-state index in [1.807, 2.05) is 42.2 Å². The molecule has 29 heavy (non-hydrogen) atoms. The Morgan fingerprint density at radius 2 is 2.03 bits per heavy atom. The number of unbranched alkanes of at least 4 members (excludes halogenated alkanes) is 1. The lowest BCUT2D eigenvalue weighted by Gasteiger charge is -2.25. The minimum absolute atomic E-state index is 0.0729. The van der Waals surface area contributed by atoms with E-state index in [-0.39, 0.29) is 29.9 Å². The molecule has 1 aromatic heterocycles. The van der Waals surface area contributed by atoms with Crippen LogP contribution < -0.4 is 15.0 Å². The summed E-state index contributed by atoms with van der Waals surface area (Å²) in [5, 5.41) is 0. The number of aromatic nitrogens is 1. The Kier molecular flexibility index (Phi) is 5.43. The smallest absolute Gasteiger partial charge is 0.263 e. The third-order valence-electron chi connectivity index (χ3n) is 5.55. The standard InChI is InChI=1S/C23H26N2O4/c1-3-4-6-18-7-5-11-25(18)23(27)21-16(2)10-12-24(22(21)26)14-17-8-9-19-20(13-17)29-15-28-19/h5,7-10,12-13,18H,3-4,6,11,14-15H2,1-2H3. The minimum atomic E-state index is -0.256. The Balaban J connectivity index is 1.60. The van der Waals surface area contributed by atoms with Crippen molar-refractivity contribution >= 4 is 5.91 Å². The molecule has 0 fully saturated rings. The first-order chi connectivity index (χ1) is 14.1. The molecule has 1 amide bonds. The Labute approximate surface area is 170 Å². The van der Waals surface area contributed by atoms with Crippen LogP contribution in [-0.4, -0.2) is 34.8 Å². The van der Waals surface area contributed by atoms with E-state index in [0.717, 1.165) is 24.8 Å². The molecular formula is C23H26N2O4. The molecule has 0 bridgehead atoms.